The first-order valence-electron chi connectivity index (χ1n) is 9.18. The Morgan fingerprint density at radius 2 is 1.43 bits per heavy atom. The van der Waals surface area contributed by atoms with Gasteiger partial charge in [0, 0.05) is 6.61 Å². The van der Waals surface area contributed by atoms with Gasteiger partial charge in [0.2, 0.25) is 0 Å². The lowest BCUT2D eigenvalue weighted by molar-refractivity contribution is -0.169. The van der Waals surface area contributed by atoms with Crippen LogP contribution in [0, 0.1) is 5.92 Å². The molecule has 3 nitrogen and oxygen atoms in total. The first-order chi connectivity index (χ1) is 10.1. The molecule has 0 aromatic rings. The molecule has 21 heavy (non-hydrogen) atoms. The van der Waals surface area contributed by atoms with Gasteiger partial charge >= 0.3 is 0 Å². The van der Waals surface area contributed by atoms with Crippen LogP contribution in [0.25, 0.3) is 0 Å². The summed E-state index contributed by atoms with van der Waals surface area (Å²) in [5.74, 6) is 0.222. The third-order valence-corrected chi connectivity index (χ3v) is 6.26. The van der Waals surface area contributed by atoms with Gasteiger partial charge in [0.15, 0.2) is 0 Å². The normalized spacial score (nSPS) is 34.3. The fraction of sp³-hybridized carbons (Fsp3) is 1.00. The van der Waals surface area contributed by atoms with Gasteiger partial charge in [0.05, 0.1) is 17.3 Å². The van der Waals surface area contributed by atoms with Gasteiger partial charge in [-0.25, -0.2) is 0 Å². The van der Waals surface area contributed by atoms with Crippen molar-refractivity contribution in [1.29, 1.82) is 0 Å². The number of hydrogen-bond donors (Lipinski definition) is 2. The monoisotopic (exact) mass is 296 g/mol. The highest BCUT2D eigenvalue weighted by Crippen LogP contribution is 2.44. The van der Waals surface area contributed by atoms with Crippen molar-refractivity contribution in [2.45, 2.75) is 101 Å². The van der Waals surface area contributed by atoms with Gasteiger partial charge in [-0.2, -0.15) is 0 Å². The number of ether oxygens (including phenoxy) is 1. The molecule has 1 heterocycles. The first-order valence-corrected chi connectivity index (χ1v) is 9.18. The second-order valence-corrected chi connectivity index (χ2v) is 7.81. The fourth-order valence-corrected chi connectivity index (χ4v) is 4.95. The van der Waals surface area contributed by atoms with E-state index in [1.165, 1.54) is 32.1 Å². The molecule has 2 N–H and O–H groups in total. The number of rotatable bonds is 2. The zero-order chi connectivity index (χ0) is 14.8. The Hall–Kier alpha value is -0.120. The highest BCUT2D eigenvalue weighted by atomic mass is 16.5. The highest BCUT2D eigenvalue weighted by Gasteiger charge is 2.46. The molecule has 0 aromatic heterocycles. The second-order valence-electron chi connectivity index (χ2n) is 7.81. The SMILES string of the molecule is OC(C1CCOC2(CCCCC2)C1)C1(O)CCCCCC1. The van der Waals surface area contributed by atoms with Crippen LogP contribution in [-0.4, -0.2) is 34.1 Å². The minimum atomic E-state index is -0.839. The molecule has 0 radical (unpaired) electrons. The van der Waals surface area contributed by atoms with Crippen molar-refractivity contribution in [3.8, 4) is 0 Å². The molecule has 1 aliphatic heterocycles. The van der Waals surface area contributed by atoms with E-state index in [4.69, 9.17) is 4.74 Å². The van der Waals surface area contributed by atoms with Crippen molar-refractivity contribution in [2.24, 2.45) is 5.92 Å². The number of hydrogen-bond acceptors (Lipinski definition) is 3. The van der Waals surface area contributed by atoms with E-state index in [-0.39, 0.29) is 11.5 Å². The summed E-state index contributed by atoms with van der Waals surface area (Å²) in [6.45, 7) is 0.762. The molecule has 2 saturated carbocycles. The summed E-state index contributed by atoms with van der Waals surface area (Å²) in [7, 11) is 0. The third-order valence-electron chi connectivity index (χ3n) is 6.26. The maximum atomic E-state index is 11.0. The van der Waals surface area contributed by atoms with Gasteiger partial charge in [-0.1, -0.05) is 44.9 Å². The maximum absolute atomic E-state index is 11.0. The summed E-state index contributed by atoms with van der Waals surface area (Å²) < 4.78 is 6.14. The fourth-order valence-electron chi connectivity index (χ4n) is 4.95. The summed E-state index contributed by atoms with van der Waals surface area (Å²) in [6.07, 6.45) is 13.5. The largest absolute Gasteiger partial charge is 0.390 e. The Bertz CT molecular complexity index is 322. The van der Waals surface area contributed by atoms with E-state index >= 15 is 0 Å². The van der Waals surface area contributed by atoms with Crippen LogP contribution in [0.5, 0.6) is 0 Å². The van der Waals surface area contributed by atoms with E-state index in [9.17, 15) is 10.2 Å². The molecule has 1 spiro atoms. The minimum absolute atomic E-state index is 0.0171. The quantitative estimate of drug-likeness (QED) is 0.766. The molecular formula is C18H32O3. The Kier molecular flexibility index (Phi) is 4.92. The molecule has 2 unspecified atom stereocenters. The van der Waals surface area contributed by atoms with Gasteiger partial charge in [0.1, 0.15) is 0 Å². The Morgan fingerprint density at radius 1 is 0.857 bits per heavy atom. The smallest absolute Gasteiger partial charge is 0.0908 e. The topological polar surface area (TPSA) is 49.7 Å². The summed E-state index contributed by atoms with van der Waals surface area (Å²) >= 11 is 0. The molecule has 3 fully saturated rings. The van der Waals surface area contributed by atoms with Crippen molar-refractivity contribution < 1.29 is 14.9 Å². The van der Waals surface area contributed by atoms with Gasteiger partial charge in [-0.3, -0.25) is 0 Å². The molecule has 1 saturated heterocycles. The van der Waals surface area contributed by atoms with Crippen LogP contribution in [0.4, 0.5) is 0 Å². The predicted octanol–water partition coefficient (Wildman–Crippen LogP) is 3.56. The summed E-state index contributed by atoms with van der Waals surface area (Å²) in [6, 6.07) is 0. The maximum Gasteiger partial charge on any atom is 0.0908 e. The lowest BCUT2D eigenvalue weighted by Crippen LogP contribution is -2.52. The molecule has 3 aliphatic rings. The van der Waals surface area contributed by atoms with Crippen molar-refractivity contribution >= 4 is 0 Å². The first kappa shape index (κ1) is 15.8. The average molecular weight is 296 g/mol. The lowest BCUT2D eigenvalue weighted by atomic mass is 9.71. The summed E-state index contributed by atoms with van der Waals surface area (Å²) in [4.78, 5) is 0. The summed E-state index contributed by atoms with van der Waals surface area (Å²) in [5, 5.41) is 21.9. The van der Waals surface area contributed by atoms with Gasteiger partial charge in [-0.15, -0.1) is 0 Å². The Morgan fingerprint density at radius 3 is 2.10 bits per heavy atom. The standard InChI is InChI=1S/C18H32O3/c19-16(18(20)11-6-1-2-7-12-18)15-8-13-21-17(14-15)9-4-3-5-10-17/h15-16,19-20H,1-14H2. The average Bonchev–Trinajstić information content (AvgIpc) is 2.73. The van der Waals surface area contributed by atoms with E-state index in [0.29, 0.717) is 0 Å². The molecule has 3 rings (SSSR count). The van der Waals surface area contributed by atoms with Gasteiger partial charge in [-0.05, 0) is 44.4 Å². The number of aliphatic hydroxyl groups is 2. The van der Waals surface area contributed by atoms with Crippen LogP contribution in [-0.2, 0) is 4.74 Å². The molecule has 0 amide bonds. The van der Waals surface area contributed by atoms with Crippen LogP contribution in [0.1, 0.15) is 83.5 Å². The molecule has 2 aliphatic carbocycles. The van der Waals surface area contributed by atoms with Crippen molar-refractivity contribution in [3.63, 3.8) is 0 Å². The molecule has 0 bridgehead atoms. The highest BCUT2D eigenvalue weighted by molar-refractivity contribution is 4.97. The third kappa shape index (κ3) is 3.46. The number of aliphatic hydroxyl groups excluding tert-OH is 1. The van der Waals surface area contributed by atoms with Crippen LogP contribution in [0.3, 0.4) is 0 Å². The molecule has 0 aromatic carbocycles. The Balaban J connectivity index is 1.67. The molecule has 122 valence electrons. The Labute approximate surface area is 129 Å². The zero-order valence-corrected chi connectivity index (χ0v) is 13.4. The predicted molar refractivity (Wildman–Crippen MR) is 83.2 cm³/mol. The van der Waals surface area contributed by atoms with Crippen molar-refractivity contribution in [3.05, 3.63) is 0 Å². The van der Waals surface area contributed by atoms with Crippen molar-refractivity contribution in [1.82, 2.24) is 0 Å². The minimum Gasteiger partial charge on any atom is -0.390 e. The van der Waals surface area contributed by atoms with E-state index < -0.39 is 11.7 Å². The molecular weight excluding hydrogens is 264 g/mol. The van der Waals surface area contributed by atoms with Crippen molar-refractivity contribution in [2.75, 3.05) is 6.61 Å². The van der Waals surface area contributed by atoms with Crippen LogP contribution < -0.4 is 0 Å². The van der Waals surface area contributed by atoms with Gasteiger partial charge < -0.3 is 14.9 Å². The summed E-state index contributed by atoms with van der Waals surface area (Å²) in [5.41, 5.74) is -0.822. The van der Waals surface area contributed by atoms with Gasteiger partial charge in [0.25, 0.3) is 0 Å². The van der Waals surface area contributed by atoms with E-state index in [0.717, 1.165) is 58.0 Å². The lowest BCUT2D eigenvalue weighted by Gasteiger charge is -2.47. The van der Waals surface area contributed by atoms with E-state index in [2.05, 4.69) is 0 Å². The second kappa shape index (κ2) is 6.55. The van der Waals surface area contributed by atoms with Crippen LogP contribution >= 0.6 is 0 Å². The molecule has 2 atom stereocenters. The molecule has 3 heteroatoms. The van der Waals surface area contributed by atoms with E-state index in [1.54, 1.807) is 0 Å². The zero-order valence-electron chi connectivity index (χ0n) is 13.4. The van der Waals surface area contributed by atoms with Crippen LogP contribution in [0.2, 0.25) is 0 Å². The van der Waals surface area contributed by atoms with E-state index in [1.807, 2.05) is 0 Å². The van der Waals surface area contributed by atoms with Crippen LogP contribution in [0.15, 0.2) is 0 Å².